The number of hydrogen-bond donors (Lipinski definition) is 1. The van der Waals surface area contributed by atoms with E-state index in [1.807, 2.05) is 13.8 Å². The Bertz CT molecular complexity index is 331. The fourth-order valence-electron chi connectivity index (χ4n) is 1.03. The molecule has 0 bridgehead atoms. The van der Waals surface area contributed by atoms with Crippen LogP contribution in [0.4, 0.5) is 0 Å². The van der Waals surface area contributed by atoms with Crippen molar-refractivity contribution in [3.63, 3.8) is 0 Å². The van der Waals surface area contributed by atoms with Gasteiger partial charge in [-0.15, -0.1) is 0 Å². The van der Waals surface area contributed by atoms with Crippen molar-refractivity contribution in [2.24, 2.45) is 5.92 Å². The van der Waals surface area contributed by atoms with Gasteiger partial charge >= 0.3 is 0 Å². The summed E-state index contributed by atoms with van der Waals surface area (Å²) in [6.45, 7) is 8.05. The molecule has 0 saturated carbocycles. The van der Waals surface area contributed by atoms with Crippen LogP contribution in [0.5, 0.6) is 0 Å². The molecule has 4 nitrogen and oxygen atoms in total. The van der Waals surface area contributed by atoms with Crippen LogP contribution >= 0.6 is 0 Å². The highest BCUT2D eigenvalue weighted by atomic mass is 16.5. The summed E-state index contributed by atoms with van der Waals surface area (Å²) < 4.78 is 4.97. The Morgan fingerprint density at radius 1 is 1.53 bits per heavy atom. The van der Waals surface area contributed by atoms with E-state index in [0.29, 0.717) is 11.6 Å². The molecule has 4 heteroatoms. The number of aryl methyl sites for hydroxylation is 1. The summed E-state index contributed by atoms with van der Waals surface area (Å²) in [7, 11) is 0. The van der Waals surface area contributed by atoms with E-state index >= 15 is 0 Å². The molecule has 0 aliphatic heterocycles. The number of aromatic nitrogens is 1. The number of rotatable bonds is 4. The molecule has 1 heterocycles. The molecule has 0 spiro atoms. The lowest BCUT2D eigenvalue weighted by Crippen LogP contribution is -2.36. The Balaban J connectivity index is 2.61. The average Bonchev–Trinajstić information content (AvgIpc) is 2.65. The third-order valence-corrected chi connectivity index (χ3v) is 2.50. The van der Waals surface area contributed by atoms with Gasteiger partial charge in [-0.1, -0.05) is 25.9 Å². The van der Waals surface area contributed by atoms with Gasteiger partial charge in [0.25, 0.3) is 5.91 Å². The molecule has 1 N–H and O–H groups in total. The van der Waals surface area contributed by atoms with E-state index in [2.05, 4.69) is 24.3 Å². The van der Waals surface area contributed by atoms with E-state index in [1.54, 1.807) is 6.07 Å². The van der Waals surface area contributed by atoms with E-state index in [-0.39, 0.29) is 11.9 Å². The minimum atomic E-state index is -0.167. The van der Waals surface area contributed by atoms with E-state index in [9.17, 15) is 4.79 Å². The fourth-order valence-corrected chi connectivity index (χ4v) is 1.03. The number of carbonyl (C=O) groups excluding carboxylic acids is 1. The predicted molar refractivity (Wildman–Crippen MR) is 57.6 cm³/mol. The summed E-state index contributed by atoms with van der Waals surface area (Å²) in [5.41, 5.74) is 0.361. The standard InChI is InChI=1S/C11H18N2O2/c1-5-9-6-10(13-15-9)11(14)12-8(4)7(2)3/h6-8H,5H2,1-4H3,(H,12,14). The van der Waals surface area contributed by atoms with Crippen LogP contribution in [0.2, 0.25) is 0 Å². The molecule has 0 fully saturated rings. The molecule has 1 unspecified atom stereocenters. The topological polar surface area (TPSA) is 55.1 Å². The van der Waals surface area contributed by atoms with Crippen LogP contribution in [0.3, 0.4) is 0 Å². The van der Waals surface area contributed by atoms with Gasteiger partial charge in [-0.05, 0) is 12.8 Å². The number of nitrogens with one attached hydrogen (secondary N) is 1. The lowest BCUT2D eigenvalue weighted by atomic mass is 10.1. The van der Waals surface area contributed by atoms with Crippen molar-refractivity contribution in [3.05, 3.63) is 17.5 Å². The Morgan fingerprint density at radius 2 is 2.20 bits per heavy atom. The quantitative estimate of drug-likeness (QED) is 0.827. The van der Waals surface area contributed by atoms with Crippen LogP contribution in [0, 0.1) is 5.92 Å². The Morgan fingerprint density at radius 3 is 2.67 bits per heavy atom. The maximum Gasteiger partial charge on any atom is 0.273 e. The van der Waals surface area contributed by atoms with Crippen LogP contribution < -0.4 is 5.32 Å². The Hall–Kier alpha value is -1.32. The molecule has 84 valence electrons. The zero-order chi connectivity index (χ0) is 11.4. The van der Waals surface area contributed by atoms with Crippen molar-refractivity contribution < 1.29 is 9.32 Å². The normalized spacial score (nSPS) is 12.9. The molecule has 0 radical (unpaired) electrons. The van der Waals surface area contributed by atoms with Crippen LogP contribution in [0.1, 0.15) is 43.9 Å². The van der Waals surface area contributed by atoms with Gasteiger partial charge in [-0.25, -0.2) is 0 Å². The van der Waals surface area contributed by atoms with Crippen LogP contribution in [0.25, 0.3) is 0 Å². The lowest BCUT2D eigenvalue weighted by molar-refractivity contribution is 0.0921. The van der Waals surface area contributed by atoms with E-state index in [1.165, 1.54) is 0 Å². The summed E-state index contributed by atoms with van der Waals surface area (Å²) in [5.74, 6) is 0.975. The molecule has 1 aromatic rings. The van der Waals surface area contributed by atoms with Crippen molar-refractivity contribution in [1.82, 2.24) is 10.5 Å². The SMILES string of the molecule is CCc1cc(C(=O)NC(C)C(C)C)no1. The van der Waals surface area contributed by atoms with Crippen LogP contribution in [0.15, 0.2) is 10.6 Å². The molecule has 15 heavy (non-hydrogen) atoms. The minimum Gasteiger partial charge on any atom is -0.361 e. The zero-order valence-electron chi connectivity index (χ0n) is 9.70. The number of amides is 1. The highest BCUT2D eigenvalue weighted by molar-refractivity contribution is 5.92. The lowest BCUT2D eigenvalue weighted by Gasteiger charge is -2.16. The van der Waals surface area contributed by atoms with Crippen molar-refractivity contribution in [3.8, 4) is 0 Å². The summed E-state index contributed by atoms with van der Waals surface area (Å²) in [6.07, 6.45) is 0.750. The van der Waals surface area contributed by atoms with Crippen molar-refractivity contribution in [1.29, 1.82) is 0 Å². The van der Waals surface area contributed by atoms with Gasteiger partial charge in [0.15, 0.2) is 5.69 Å². The molecule has 1 atom stereocenters. The summed E-state index contributed by atoms with van der Waals surface area (Å²) in [5, 5.41) is 6.58. The van der Waals surface area contributed by atoms with Crippen LogP contribution in [-0.4, -0.2) is 17.1 Å². The smallest absolute Gasteiger partial charge is 0.273 e. The molecule has 0 aromatic carbocycles. The highest BCUT2D eigenvalue weighted by Crippen LogP contribution is 2.06. The zero-order valence-corrected chi connectivity index (χ0v) is 9.70. The van der Waals surface area contributed by atoms with Gasteiger partial charge in [0.1, 0.15) is 5.76 Å². The average molecular weight is 210 g/mol. The predicted octanol–water partition coefficient (Wildman–Crippen LogP) is 2.01. The Labute approximate surface area is 90.0 Å². The number of carbonyl (C=O) groups is 1. The van der Waals surface area contributed by atoms with Gasteiger partial charge < -0.3 is 9.84 Å². The molecule has 0 saturated heterocycles. The van der Waals surface area contributed by atoms with Gasteiger partial charge in [0.05, 0.1) is 0 Å². The number of nitrogens with zero attached hydrogens (tertiary/aromatic N) is 1. The van der Waals surface area contributed by atoms with Gasteiger partial charge in [-0.3, -0.25) is 4.79 Å². The Kier molecular flexibility index (Phi) is 3.88. The third kappa shape index (κ3) is 3.08. The van der Waals surface area contributed by atoms with Crippen LogP contribution in [-0.2, 0) is 6.42 Å². The van der Waals surface area contributed by atoms with E-state index in [0.717, 1.165) is 12.2 Å². The second-order valence-electron chi connectivity index (χ2n) is 4.04. The number of hydrogen-bond acceptors (Lipinski definition) is 3. The first-order valence-corrected chi connectivity index (χ1v) is 5.31. The molecule has 0 aliphatic carbocycles. The molecular formula is C11H18N2O2. The van der Waals surface area contributed by atoms with Crippen molar-refractivity contribution >= 4 is 5.91 Å². The first-order chi connectivity index (χ1) is 7.04. The van der Waals surface area contributed by atoms with E-state index in [4.69, 9.17) is 4.52 Å². The largest absolute Gasteiger partial charge is 0.361 e. The minimum absolute atomic E-state index is 0.138. The molecule has 0 aliphatic rings. The fraction of sp³-hybridized carbons (Fsp3) is 0.636. The monoisotopic (exact) mass is 210 g/mol. The summed E-state index contributed by atoms with van der Waals surface area (Å²) in [6, 6.07) is 1.82. The maximum absolute atomic E-state index is 11.7. The second kappa shape index (κ2) is 4.96. The van der Waals surface area contributed by atoms with Gasteiger partial charge in [-0.2, -0.15) is 0 Å². The third-order valence-electron chi connectivity index (χ3n) is 2.50. The molecular weight excluding hydrogens is 192 g/mol. The second-order valence-corrected chi connectivity index (χ2v) is 4.04. The first kappa shape index (κ1) is 11.8. The van der Waals surface area contributed by atoms with Gasteiger partial charge in [0.2, 0.25) is 0 Å². The van der Waals surface area contributed by atoms with E-state index < -0.39 is 0 Å². The summed E-state index contributed by atoms with van der Waals surface area (Å²) in [4.78, 5) is 11.7. The molecule has 1 rings (SSSR count). The molecule has 1 aromatic heterocycles. The van der Waals surface area contributed by atoms with Crippen molar-refractivity contribution in [2.75, 3.05) is 0 Å². The highest BCUT2D eigenvalue weighted by Gasteiger charge is 2.15. The van der Waals surface area contributed by atoms with Gasteiger partial charge in [0, 0.05) is 18.5 Å². The molecule has 1 amide bonds. The van der Waals surface area contributed by atoms with Crippen molar-refractivity contribution in [2.45, 2.75) is 40.2 Å². The summed E-state index contributed by atoms with van der Waals surface area (Å²) >= 11 is 0. The first-order valence-electron chi connectivity index (χ1n) is 5.31. The maximum atomic E-state index is 11.7.